The molecule has 1 aromatic rings. The molecular weight excluding hydrogens is 202 g/mol. The van der Waals surface area contributed by atoms with E-state index in [0.717, 1.165) is 29.5 Å². The minimum Gasteiger partial charge on any atom is -0.258 e. The van der Waals surface area contributed by atoms with Crippen molar-refractivity contribution in [2.45, 2.75) is 46.5 Å². The van der Waals surface area contributed by atoms with Crippen LogP contribution in [-0.4, -0.2) is 4.92 Å². The number of hydrogen-bond donors (Lipinski definition) is 0. The fraction of sp³-hybridized carbons (Fsp3) is 0.538. The fourth-order valence-electron chi connectivity index (χ4n) is 2.06. The van der Waals surface area contributed by atoms with Crippen LogP contribution in [-0.2, 0) is 6.42 Å². The van der Waals surface area contributed by atoms with Crippen LogP contribution >= 0.6 is 0 Å². The van der Waals surface area contributed by atoms with Gasteiger partial charge in [-0.15, -0.1) is 0 Å². The Morgan fingerprint density at radius 1 is 1.38 bits per heavy atom. The first-order valence-electron chi connectivity index (χ1n) is 5.79. The summed E-state index contributed by atoms with van der Waals surface area (Å²) in [7, 11) is 0. The van der Waals surface area contributed by atoms with Crippen molar-refractivity contribution in [2.75, 3.05) is 0 Å². The van der Waals surface area contributed by atoms with Crippen LogP contribution in [0.1, 0.15) is 49.8 Å². The fourth-order valence-corrected chi connectivity index (χ4v) is 2.06. The summed E-state index contributed by atoms with van der Waals surface area (Å²) in [6.07, 6.45) is 1.78. The average Bonchev–Trinajstić information content (AvgIpc) is 2.27. The van der Waals surface area contributed by atoms with Gasteiger partial charge in [-0.3, -0.25) is 10.1 Å². The summed E-state index contributed by atoms with van der Waals surface area (Å²) in [6, 6.07) is 3.87. The summed E-state index contributed by atoms with van der Waals surface area (Å²) >= 11 is 0. The number of rotatable bonds is 4. The highest BCUT2D eigenvalue weighted by atomic mass is 16.6. The summed E-state index contributed by atoms with van der Waals surface area (Å²) in [5, 5.41) is 11.1. The topological polar surface area (TPSA) is 43.1 Å². The highest BCUT2D eigenvalue weighted by molar-refractivity contribution is 5.53. The predicted octanol–water partition coefficient (Wildman–Crippen LogP) is 3.98. The number of nitrogens with zero attached hydrogens (tertiary/aromatic N) is 1. The molecule has 16 heavy (non-hydrogen) atoms. The molecular formula is C13H19NO2. The van der Waals surface area contributed by atoms with Crippen molar-refractivity contribution in [3.05, 3.63) is 38.9 Å². The molecule has 1 unspecified atom stereocenters. The third-order valence-corrected chi connectivity index (χ3v) is 3.18. The van der Waals surface area contributed by atoms with Crippen molar-refractivity contribution in [2.24, 2.45) is 0 Å². The van der Waals surface area contributed by atoms with Crippen LogP contribution in [0.15, 0.2) is 12.1 Å². The lowest BCUT2D eigenvalue weighted by Crippen LogP contribution is -2.05. The first kappa shape index (κ1) is 12.7. The molecule has 0 amide bonds. The van der Waals surface area contributed by atoms with Gasteiger partial charge in [-0.25, -0.2) is 0 Å². The van der Waals surface area contributed by atoms with Gasteiger partial charge in [-0.1, -0.05) is 32.9 Å². The van der Waals surface area contributed by atoms with E-state index < -0.39 is 0 Å². The second-order valence-electron chi connectivity index (χ2n) is 4.22. The molecule has 0 saturated carbocycles. The van der Waals surface area contributed by atoms with Crippen LogP contribution < -0.4 is 0 Å². The standard InChI is InChI=1S/C13H19NO2/c1-5-9(3)12-11(6-2)8-7-10(4)13(12)14(15)16/h7-9H,5-6H2,1-4H3. The first-order valence-corrected chi connectivity index (χ1v) is 5.79. The molecule has 88 valence electrons. The van der Waals surface area contributed by atoms with Crippen LogP contribution in [0.3, 0.4) is 0 Å². The zero-order chi connectivity index (χ0) is 12.3. The second kappa shape index (κ2) is 5.10. The number of hydrogen-bond acceptors (Lipinski definition) is 2. The zero-order valence-electron chi connectivity index (χ0n) is 10.4. The summed E-state index contributed by atoms with van der Waals surface area (Å²) in [5.41, 5.74) is 3.10. The smallest absolute Gasteiger partial charge is 0.258 e. The second-order valence-corrected chi connectivity index (χ2v) is 4.22. The van der Waals surface area contributed by atoms with Crippen molar-refractivity contribution in [1.29, 1.82) is 0 Å². The van der Waals surface area contributed by atoms with E-state index in [9.17, 15) is 10.1 Å². The van der Waals surface area contributed by atoms with Crippen LogP contribution in [0.4, 0.5) is 5.69 Å². The van der Waals surface area contributed by atoms with Gasteiger partial charge in [0, 0.05) is 11.1 Å². The normalized spacial score (nSPS) is 12.5. The molecule has 0 aliphatic carbocycles. The minimum absolute atomic E-state index is 0.240. The van der Waals surface area contributed by atoms with E-state index in [4.69, 9.17) is 0 Å². The summed E-state index contributed by atoms with van der Waals surface area (Å²) < 4.78 is 0. The Morgan fingerprint density at radius 3 is 2.44 bits per heavy atom. The van der Waals surface area contributed by atoms with E-state index in [2.05, 4.69) is 13.8 Å². The van der Waals surface area contributed by atoms with Gasteiger partial charge in [-0.2, -0.15) is 0 Å². The molecule has 0 heterocycles. The molecule has 0 bridgehead atoms. The Kier molecular flexibility index (Phi) is 4.05. The van der Waals surface area contributed by atoms with Gasteiger partial charge in [0.25, 0.3) is 5.69 Å². The number of nitro benzene ring substituents is 1. The van der Waals surface area contributed by atoms with E-state index in [1.807, 2.05) is 26.0 Å². The molecule has 3 nitrogen and oxygen atoms in total. The SMILES string of the molecule is CCc1ccc(C)c([N+](=O)[O-])c1C(C)CC. The van der Waals surface area contributed by atoms with Crippen LogP contribution in [0.5, 0.6) is 0 Å². The molecule has 0 aliphatic heterocycles. The van der Waals surface area contributed by atoms with Gasteiger partial charge in [0.15, 0.2) is 0 Å². The maximum absolute atomic E-state index is 11.1. The Bertz CT molecular complexity index is 399. The Morgan fingerprint density at radius 2 is 2.00 bits per heavy atom. The van der Waals surface area contributed by atoms with Gasteiger partial charge in [0.2, 0.25) is 0 Å². The Balaban J connectivity index is 3.48. The summed E-state index contributed by atoms with van der Waals surface area (Å²) in [4.78, 5) is 10.9. The first-order chi connectivity index (χ1) is 7.52. The largest absolute Gasteiger partial charge is 0.275 e. The van der Waals surface area contributed by atoms with Gasteiger partial charge in [-0.05, 0) is 31.2 Å². The molecule has 0 spiro atoms. The van der Waals surface area contributed by atoms with Crippen LogP contribution in [0.25, 0.3) is 0 Å². The molecule has 0 radical (unpaired) electrons. The lowest BCUT2D eigenvalue weighted by atomic mass is 9.89. The molecule has 0 saturated heterocycles. The van der Waals surface area contributed by atoms with Gasteiger partial charge in [0.1, 0.15) is 0 Å². The Labute approximate surface area is 96.6 Å². The van der Waals surface area contributed by atoms with Crippen molar-refractivity contribution in [3.63, 3.8) is 0 Å². The van der Waals surface area contributed by atoms with Crippen molar-refractivity contribution < 1.29 is 4.92 Å². The van der Waals surface area contributed by atoms with E-state index >= 15 is 0 Å². The van der Waals surface area contributed by atoms with E-state index in [-0.39, 0.29) is 10.8 Å². The molecule has 0 aromatic heterocycles. The number of nitro groups is 1. The molecule has 3 heteroatoms. The molecule has 1 rings (SSSR count). The molecule has 1 atom stereocenters. The third kappa shape index (κ3) is 2.23. The lowest BCUT2D eigenvalue weighted by molar-refractivity contribution is -0.386. The molecule has 0 aliphatic rings. The third-order valence-electron chi connectivity index (χ3n) is 3.18. The van der Waals surface area contributed by atoms with Gasteiger partial charge in [0.05, 0.1) is 4.92 Å². The highest BCUT2D eigenvalue weighted by Gasteiger charge is 2.23. The summed E-state index contributed by atoms with van der Waals surface area (Å²) in [6.45, 7) is 7.97. The summed E-state index contributed by atoms with van der Waals surface area (Å²) in [5.74, 6) is 0.246. The predicted molar refractivity (Wildman–Crippen MR) is 65.9 cm³/mol. The van der Waals surface area contributed by atoms with Crippen LogP contribution in [0.2, 0.25) is 0 Å². The maximum atomic E-state index is 11.1. The van der Waals surface area contributed by atoms with E-state index in [1.165, 1.54) is 0 Å². The zero-order valence-corrected chi connectivity index (χ0v) is 10.4. The van der Waals surface area contributed by atoms with Crippen molar-refractivity contribution in [1.82, 2.24) is 0 Å². The van der Waals surface area contributed by atoms with Gasteiger partial charge >= 0.3 is 0 Å². The number of benzene rings is 1. The van der Waals surface area contributed by atoms with Crippen molar-refractivity contribution >= 4 is 5.69 Å². The van der Waals surface area contributed by atoms with E-state index in [0.29, 0.717) is 5.69 Å². The molecule has 0 N–H and O–H groups in total. The molecule has 0 fully saturated rings. The maximum Gasteiger partial charge on any atom is 0.275 e. The minimum atomic E-state index is -0.240. The average molecular weight is 221 g/mol. The monoisotopic (exact) mass is 221 g/mol. The lowest BCUT2D eigenvalue weighted by Gasteiger charge is -2.15. The van der Waals surface area contributed by atoms with Crippen LogP contribution in [0, 0.1) is 17.0 Å². The van der Waals surface area contributed by atoms with E-state index in [1.54, 1.807) is 0 Å². The van der Waals surface area contributed by atoms with Crippen molar-refractivity contribution in [3.8, 4) is 0 Å². The Hall–Kier alpha value is -1.38. The van der Waals surface area contributed by atoms with Gasteiger partial charge < -0.3 is 0 Å². The molecule has 1 aromatic carbocycles. The highest BCUT2D eigenvalue weighted by Crippen LogP contribution is 2.34. The quantitative estimate of drug-likeness (QED) is 0.570. The number of aryl methyl sites for hydroxylation is 2.